The van der Waals surface area contributed by atoms with E-state index in [1.807, 2.05) is 18.2 Å². The average Bonchev–Trinajstić information content (AvgIpc) is 3.56. The number of fused-ring (bicyclic) bond motifs is 5. The van der Waals surface area contributed by atoms with Crippen LogP contribution < -0.4 is 5.32 Å². The van der Waals surface area contributed by atoms with Crippen molar-refractivity contribution in [3.8, 4) is 0 Å². The third-order valence-corrected chi connectivity index (χ3v) is 10.4. The molecule has 0 radical (unpaired) electrons. The Morgan fingerprint density at radius 3 is 2.58 bits per heavy atom. The summed E-state index contributed by atoms with van der Waals surface area (Å²) in [6.07, 6.45) is 12.1. The van der Waals surface area contributed by atoms with E-state index in [0.29, 0.717) is 36.1 Å². The molecule has 33 heavy (non-hydrogen) atoms. The van der Waals surface area contributed by atoms with E-state index in [2.05, 4.69) is 43.1 Å². The number of hydrogen-bond acceptors (Lipinski definition) is 2. The van der Waals surface area contributed by atoms with Gasteiger partial charge in [-0.1, -0.05) is 38.1 Å². The van der Waals surface area contributed by atoms with E-state index in [-0.39, 0.29) is 22.7 Å². The Labute approximate surface area is 198 Å². The van der Waals surface area contributed by atoms with Crippen LogP contribution in [-0.2, 0) is 9.59 Å². The molecule has 3 saturated carbocycles. The van der Waals surface area contributed by atoms with Gasteiger partial charge in [-0.15, -0.1) is 0 Å². The number of nitrogens with one attached hydrogen (secondary N) is 1. The van der Waals surface area contributed by atoms with Gasteiger partial charge in [0.15, 0.2) is 0 Å². The lowest BCUT2D eigenvalue weighted by molar-refractivity contribution is -0.139. The highest BCUT2D eigenvalue weighted by Gasteiger charge is 2.61. The molecular weight excluding hydrogens is 408 g/mol. The molecule has 4 nitrogen and oxygen atoms in total. The van der Waals surface area contributed by atoms with Crippen molar-refractivity contribution in [1.29, 1.82) is 0 Å². The number of aryl methyl sites for hydroxylation is 1. The molecule has 0 unspecified atom stereocenters. The van der Waals surface area contributed by atoms with Crippen LogP contribution in [0.5, 0.6) is 0 Å². The van der Waals surface area contributed by atoms with Gasteiger partial charge >= 0.3 is 0 Å². The maximum absolute atomic E-state index is 13.5. The van der Waals surface area contributed by atoms with E-state index in [1.54, 1.807) is 0 Å². The van der Waals surface area contributed by atoms with Gasteiger partial charge in [0.1, 0.15) is 0 Å². The Morgan fingerprint density at radius 1 is 1.03 bits per heavy atom. The van der Waals surface area contributed by atoms with E-state index in [9.17, 15) is 9.59 Å². The lowest BCUT2D eigenvalue weighted by Gasteiger charge is -2.58. The van der Waals surface area contributed by atoms with Crippen molar-refractivity contribution in [2.24, 2.45) is 34.5 Å². The summed E-state index contributed by atoms with van der Waals surface area (Å²) in [6.45, 7) is 6.93. The van der Waals surface area contributed by atoms with Gasteiger partial charge in [-0.05, 0) is 93.1 Å². The van der Waals surface area contributed by atoms with Crippen LogP contribution in [0.2, 0.25) is 0 Å². The monoisotopic (exact) mass is 446 g/mol. The number of likely N-dealkylation sites (tertiary alicyclic amines) is 1. The fourth-order valence-electron chi connectivity index (χ4n) is 8.48. The molecular formula is C29H38N2O2. The van der Waals surface area contributed by atoms with E-state index < -0.39 is 0 Å². The Bertz CT molecular complexity index is 1030. The Hall–Kier alpha value is -2.10. The molecule has 0 bridgehead atoms. The number of para-hydroxylation sites is 1. The number of anilines is 1. The fraction of sp³-hybridized carbons (Fsp3) is 0.655. The van der Waals surface area contributed by atoms with Crippen LogP contribution in [0.4, 0.5) is 5.69 Å². The fourth-order valence-corrected chi connectivity index (χ4v) is 8.48. The van der Waals surface area contributed by atoms with Gasteiger partial charge in [0.25, 0.3) is 0 Å². The number of hydrogen-bond donors (Lipinski definition) is 1. The zero-order valence-electron chi connectivity index (χ0n) is 20.4. The summed E-state index contributed by atoms with van der Waals surface area (Å²) in [4.78, 5) is 28.5. The number of amides is 2. The molecule has 1 aromatic carbocycles. The summed E-state index contributed by atoms with van der Waals surface area (Å²) in [5, 5.41) is 3.27. The van der Waals surface area contributed by atoms with Crippen LogP contribution in [0, 0.1) is 41.4 Å². The number of carbonyl (C=O) groups excluding carboxylic acids is 2. The molecule has 4 fully saturated rings. The number of piperidine rings is 1. The number of benzene rings is 1. The molecule has 1 heterocycles. The summed E-state index contributed by atoms with van der Waals surface area (Å²) in [5.74, 6) is 2.55. The van der Waals surface area contributed by atoms with Crippen LogP contribution >= 0.6 is 0 Å². The van der Waals surface area contributed by atoms with Crippen LogP contribution in [-0.4, -0.2) is 22.8 Å². The summed E-state index contributed by atoms with van der Waals surface area (Å²) in [7, 11) is 0. The smallest absolute Gasteiger partial charge is 0.228 e. The Balaban J connectivity index is 1.26. The number of nitrogens with zero attached hydrogens (tertiary/aromatic N) is 1. The van der Waals surface area contributed by atoms with Gasteiger partial charge < -0.3 is 10.2 Å². The first kappa shape index (κ1) is 21.4. The molecule has 4 aliphatic carbocycles. The summed E-state index contributed by atoms with van der Waals surface area (Å²) >= 11 is 0. The van der Waals surface area contributed by atoms with Crippen molar-refractivity contribution in [3.63, 3.8) is 0 Å². The van der Waals surface area contributed by atoms with Gasteiger partial charge in [0.05, 0.1) is 0 Å². The summed E-state index contributed by atoms with van der Waals surface area (Å²) in [5.41, 5.74) is 3.64. The first-order valence-electron chi connectivity index (χ1n) is 13.2. The molecule has 1 aliphatic heterocycles. The molecule has 6 atom stereocenters. The Kier molecular flexibility index (Phi) is 4.84. The second kappa shape index (κ2) is 7.45. The van der Waals surface area contributed by atoms with Crippen LogP contribution in [0.1, 0.15) is 77.2 Å². The minimum atomic E-state index is 0.0797. The van der Waals surface area contributed by atoms with Crippen molar-refractivity contribution in [3.05, 3.63) is 41.6 Å². The van der Waals surface area contributed by atoms with Crippen LogP contribution in [0.15, 0.2) is 36.0 Å². The second-order valence-corrected chi connectivity index (χ2v) is 12.1. The second-order valence-electron chi connectivity index (χ2n) is 12.1. The van der Waals surface area contributed by atoms with Gasteiger partial charge in [-0.2, -0.15) is 0 Å². The number of carbonyl (C=O) groups is 2. The minimum Gasteiger partial charge on any atom is -0.326 e. The standard InChI is InChI=1S/C29H38N2O2/c1-18-6-4-5-7-24(18)30-27(33)23-12-11-21-20-10-13-25-29(3,22(20)14-16-28(21,23)2)17-15-26(32)31(25)19-8-9-19/h4-7,13,19-23H,8-12,14-17H2,1-3H3,(H,30,33)/t20-,21-,22-,23+,28-,29+/m0/s1. The number of rotatable bonds is 3. The predicted octanol–water partition coefficient (Wildman–Crippen LogP) is 6.07. The lowest BCUT2D eigenvalue weighted by atomic mass is 9.49. The third kappa shape index (κ3) is 3.15. The van der Waals surface area contributed by atoms with E-state index in [0.717, 1.165) is 43.4 Å². The van der Waals surface area contributed by atoms with Crippen molar-refractivity contribution < 1.29 is 9.59 Å². The van der Waals surface area contributed by atoms with E-state index >= 15 is 0 Å². The van der Waals surface area contributed by atoms with Crippen molar-refractivity contribution >= 4 is 17.5 Å². The van der Waals surface area contributed by atoms with Gasteiger partial charge in [-0.25, -0.2) is 0 Å². The van der Waals surface area contributed by atoms with Crippen molar-refractivity contribution in [2.45, 2.75) is 84.6 Å². The molecule has 176 valence electrons. The van der Waals surface area contributed by atoms with Crippen molar-refractivity contribution in [2.75, 3.05) is 5.32 Å². The van der Waals surface area contributed by atoms with Crippen molar-refractivity contribution in [1.82, 2.24) is 4.90 Å². The van der Waals surface area contributed by atoms with E-state index in [1.165, 1.54) is 25.0 Å². The minimum absolute atomic E-state index is 0.0797. The molecule has 4 heteroatoms. The SMILES string of the molecule is Cc1ccccc1NC(=O)[C@H]1CC[C@H]2[C@@H]3CC=C4N(C5CC5)C(=O)CC[C@]4(C)[C@H]3CC[C@]12C. The molecule has 0 aromatic heterocycles. The van der Waals surface area contributed by atoms with E-state index in [4.69, 9.17) is 0 Å². The molecule has 1 saturated heterocycles. The maximum atomic E-state index is 13.5. The topological polar surface area (TPSA) is 49.4 Å². The first-order chi connectivity index (χ1) is 15.8. The summed E-state index contributed by atoms with van der Waals surface area (Å²) in [6, 6.07) is 8.57. The number of allylic oxidation sites excluding steroid dienone is 2. The average molecular weight is 447 g/mol. The highest BCUT2D eigenvalue weighted by molar-refractivity contribution is 5.94. The Morgan fingerprint density at radius 2 is 1.82 bits per heavy atom. The van der Waals surface area contributed by atoms with Crippen LogP contribution in [0.3, 0.4) is 0 Å². The molecule has 5 aliphatic rings. The third-order valence-electron chi connectivity index (χ3n) is 10.4. The quantitative estimate of drug-likeness (QED) is 0.612. The zero-order chi connectivity index (χ0) is 23.0. The first-order valence-corrected chi connectivity index (χ1v) is 13.2. The van der Waals surface area contributed by atoms with Gasteiger partial charge in [-0.3, -0.25) is 9.59 Å². The largest absolute Gasteiger partial charge is 0.326 e. The maximum Gasteiger partial charge on any atom is 0.228 e. The zero-order valence-corrected chi connectivity index (χ0v) is 20.4. The van der Waals surface area contributed by atoms with Gasteiger partial charge in [0, 0.05) is 35.2 Å². The highest BCUT2D eigenvalue weighted by Crippen LogP contribution is 2.66. The molecule has 0 spiro atoms. The normalized spacial score (nSPS) is 39.9. The predicted molar refractivity (Wildman–Crippen MR) is 130 cm³/mol. The summed E-state index contributed by atoms with van der Waals surface area (Å²) < 4.78 is 0. The lowest BCUT2D eigenvalue weighted by Crippen LogP contribution is -2.55. The molecule has 6 rings (SSSR count). The van der Waals surface area contributed by atoms with Gasteiger partial charge in [0.2, 0.25) is 11.8 Å². The van der Waals surface area contributed by atoms with Crippen LogP contribution in [0.25, 0.3) is 0 Å². The highest BCUT2D eigenvalue weighted by atomic mass is 16.2. The molecule has 1 N–H and O–H groups in total. The molecule has 1 aromatic rings. The molecule has 2 amide bonds.